The third-order valence-electron chi connectivity index (χ3n) is 4.89. The Bertz CT molecular complexity index is 1030. The van der Waals surface area contributed by atoms with Crippen LogP contribution in [0.15, 0.2) is 48.8 Å². The lowest BCUT2D eigenvalue weighted by Crippen LogP contribution is -2.50. The van der Waals surface area contributed by atoms with Gasteiger partial charge < -0.3 is 14.7 Å². The molecule has 1 amide bonds. The van der Waals surface area contributed by atoms with E-state index in [9.17, 15) is 14.7 Å². The number of hydrogen-bond donors (Lipinski definition) is 1. The van der Waals surface area contributed by atoms with Crippen molar-refractivity contribution >= 4 is 33.8 Å². The van der Waals surface area contributed by atoms with E-state index in [1.54, 1.807) is 29.4 Å². The normalized spacial score (nSPS) is 19.6. The van der Waals surface area contributed by atoms with Crippen LogP contribution in [-0.4, -0.2) is 52.0 Å². The lowest BCUT2D eigenvalue weighted by atomic mass is 10.0. The zero-order chi connectivity index (χ0) is 19.7. The molecule has 3 heterocycles. The number of β-amino-alcohol motifs (C(OH)–C–C–N with tert-alkyl or cyclic N) is 1. The maximum atomic E-state index is 12.7. The molecule has 0 spiro atoms. The van der Waals surface area contributed by atoms with Gasteiger partial charge in [0, 0.05) is 36.1 Å². The Morgan fingerprint density at radius 1 is 1.21 bits per heavy atom. The minimum atomic E-state index is -0.790. The predicted octanol–water partition coefficient (Wildman–Crippen LogP) is 3.15. The predicted molar refractivity (Wildman–Crippen MR) is 107 cm³/mol. The van der Waals surface area contributed by atoms with Gasteiger partial charge in [-0.25, -0.2) is 0 Å². The van der Waals surface area contributed by atoms with Crippen LogP contribution in [0.4, 0.5) is 0 Å². The Morgan fingerprint density at radius 3 is 2.79 bits per heavy atom. The second-order valence-electron chi connectivity index (χ2n) is 6.84. The summed E-state index contributed by atoms with van der Waals surface area (Å²) in [6.07, 6.45) is 2.83. The molecule has 1 saturated heterocycles. The maximum Gasteiger partial charge on any atom is 0.264 e. The van der Waals surface area contributed by atoms with E-state index in [4.69, 9.17) is 4.74 Å². The Kier molecular flexibility index (Phi) is 5.11. The third kappa shape index (κ3) is 3.63. The van der Waals surface area contributed by atoms with Gasteiger partial charge in [0.1, 0.15) is 18.0 Å². The molecule has 2 aromatic heterocycles. The molecular formula is C21H20N2O4S. The number of benzene rings is 1. The van der Waals surface area contributed by atoms with Crippen molar-refractivity contribution in [2.24, 2.45) is 0 Å². The fourth-order valence-electron chi connectivity index (χ4n) is 3.39. The van der Waals surface area contributed by atoms with E-state index in [-0.39, 0.29) is 24.3 Å². The molecule has 0 bridgehead atoms. The van der Waals surface area contributed by atoms with Gasteiger partial charge in [0.25, 0.3) is 5.91 Å². The molecule has 0 unspecified atom stereocenters. The first kappa shape index (κ1) is 18.6. The van der Waals surface area contributed by atoms with Crippen molar-refractivity contribution in [1.29, 1.82) is 0 Å². The van der Waals surface area contributed by atoms with Gasteiger partial charge in [-0.2, -0.15) is 0 Å². The summed E-state index contributed by atoms with van der Waals surface area (Å²) in [5, 5.41) is 12.5. The number of ketones is 1. The highest BCUT2D eigenvalue weighted by atomic mass is 32.1. The van der Waals surface area contributed by atoms with E-state index in [1.165, 1.54) is 18.3 Å². The van der Waals surface area contributed by atoms with Crippen LogP contribution in [0.5, 0.6) is 5.75 Å². The summed E-state index contributed by atoms with van der Waals surface area (Å²) in [6, 6.07) is 11.0. The number of likely N-dealkylation sites (tertiary alicyclic amines) is 1. The molecule has 0 aliphatic carbocycles. The number of rotatable bonds is 4. The number of aromatic nitrogens is 1. The zero-order valence-corrected chi connectivity index (χ0v) is 16.2. The van der Waals surface area contributed by atoms with Crippen molar-refractivity contribution in [2.45, 2.75) is 25.6 Å². The van der Waals surface area contributed by atoms with Crippen molar-refractivity contribution in [3.05, 3.63) is 58.5 Å². The number of carbonyl (C=O) groups excluding carboxylic acids is 2. The van der Waals surface area contributed by atoms with Crippen LogP contribution in [0.2, 0.25) is 0 Å². The molecule has 3 aromatic rings. The van der Waals surface area contributed by atoms with Gasteiger partial charge in [-0.1, -0.05) is 12.1 Å². The average Bonchev–Trinajstić information content (AvgIpc) is 3.20. The van der Waals surface area contributed by atoms with E-state index in [1.807, 2.05) is 24.3 Å². The number of hydrogen-bond acceptors (Lipinski definition) is 6. The molecule has 6 nitrogen and oxygen atoms in total. The lowest BCUT2D eigenvalue weighted by molar-refractivity contribution is -0.0191. The van der Waals surface area contributed by atoms with Crippen molar-refractivity contribution in [3.8, 4) is 5.75 Å². The summed E-state index contributed by atoms with van der Waals surface area (Å²) < 4.78 is 6.09. The molecule has 2 atom stereocenters. The fraction of sp³-hybridized carbons (Fsp3) is 0.286. The van der Waals surface area contributed by atoms with Crippen molar-refractivity contribution in [1.82, 2.24) is 9.88 Å². The van der Waals surface area contributed by atoms with Crippen LogP contribution in [0.3, 0.4) is 0 Å². The third-order valence-corrected chi connectivity index (χ3v) is 6.06. The second kappa shape index (κ2) is 7.69. The molecule has 144 valence electrons. The molecule has 1 N–H and O–H groups in total. The summed E-state index contributed by atoms with van der Waals surface area (Å²) in [4.78, 5) is 30.9. The van der Waals surface area contributed by atoms with Crippen molar-refractivity contribution in [2.75, 3.05) is 13.1 Å². The number of carbonyl (C=O) groups is 2. The summed E-state index contributed by atoms with van der Waals surface area (Å²) in [6.45, 7) is 2.17. The standard InChI is InChI=1S/C21H20N2O4S/c1-13(24)19-5-6-20(28-19)21(26)23-10-8-18(16(25)12-23)27-17-4-2-3-14-11-22-9-7-15(14)17/h2-7,9,11,16,18,25H,8,10,12H2,1H3/t16-,18-/m1/s1. The molecule has 0 saturated carbocycles. The number of pyridine rings is 1. The first-order valence-electron chi connectivity index (χ1n) is 9.10. The zero-order valence-electron chi connectivity index (χ0n) is 15.4. The van der Waals surface area contributed by atoms with Crippen LogP contribution in [0.1, 0.15) is 32.7 Å². The van der Waals surface area contributed by atoms with E-state index in [2.05, 4.69) is 4.98 Å². The first-order chi connectivity index (χ1) is 13.5. The number of thiophene rings is 1. The Morgan fingerprint density at radius 2 is 2.04 bits per heavy atom. The summed E-state index contributed by atoms with van der Waals surface area (Å²) in [5.74, 6) is 0.487. The highest BCUT2D eigenvalue weighted by molar-refractivity contribution is 7.15. The van der Waals surface area contributed by atoms with Gasteiger partial charge in [-0.05, 0) is 31.2 Å². The molecule has 4 rings (SSSR count). The monoisotopic (exact) mass is 396 g/mol. The minimum Gasteiger partial charge on any atom is -0.487 e. The molecule has 1 aromatic carbocycles. The number of fused-ring (bicyclic) bond motifs is 1. The summed E-state index contributed by atoms with van der Waals surface area (Å²) in [5.41, 5.74) is 0. The van der Waals surface area contributed by atoms with Gasteiger partial charge in [-0.3, -0.25) is 14.6 Å². The number of Topliss-reactive ketones (excluding diaryl/α,β-unsaturated/α-hetero) is 1. The minimum absolute atomic E-state index is 0.0542. The summed E-state index contributed by atoms with van der Waals surface area (Å²) >= 11 is 1.19. The van der Waals surface area contributed by atoms with Gasteiger partial charge in [0.2, 0.25) is 0 Å². The van der Waals surface area contributed by atoms with Gasteiger partial charge in [0.15, 0.2) is 5.78 Å². The van der Waals surface area contributed by atoms with Crippen LogP contribution < -0.4 is 4.74 Å². The quantitative estimate of drug-likeness (QED) is 0.686. The van der Waals surface area contributed by atoms with Crippen molar-refractivity contribution < 1.29 is 19.4 Å². The van der Waals surface area contributed by atoms with E-state index >= 15 is 0 Å². The number of piperidine rings is 1. The smallest absolute Gasteiger partial charge is 0.264 e. The van der Waals surface area contributed by atoms with Gasteiger partial charge in [0.05, 0.1) is 16.3 Å². The number of nitrogens with zero attached hydrogens (tertiary/aromatic N) is 2. The molecule has 0 radical (unpaired) electrons. The van der Waals surface area contributed by atoms with Gasteiger partial charge >= 0.3 is 0 Å². The number of aliphatic hydroxyl groups excluding tert-OH is 1. The van der Waals surface area contributed by atoms with E-state index < -0.39 is 6.10 Å². The van der Waals surface area contributed by atoms with Crippen LogP contribution in [-0.2, 0) is 0 Å². The second-order valence-corrected chi connectivity index (χ2v) is 7.92. The van der Waals surface area contributed by atoms with Crippen LogP contribution in [0, 0.1) is 0 Å². The largest absolute Gasteiger partial charge is 0.487 e. The molecule has 28 heavy (non-hydrogen) atoms. The van der Waals surface area contributed by atoms with Gasteiger partial charge in [-0.15, -0.1) is 11.3 Å². The Hall–Kier alpha value is -2.77. The number of ether oxygens (including phenoxy) is 1. The molecule has 1 aliphatic heterocycles. The lowest BCUT2D eigenvalue weighted by Gasteiger charge is -2.36. The number of amides is 1. The van der Waals surface area contributed by atoms with Crippen LogP contribution in [0.25, 0.3) is 10.8 Å². The van der Waals surface area contributed by atoms with Crippen molar-refractivity contribution in [3.63, 3.8) is 0 Å². The molecule has 1 fully saturated rings. The maximum absolute atomic E-state index is 12.7. The molecule has 1 aliphatic rings. The topological polar surface area (TPSA) is 79.7 Å². The average molecular weight is 396 g/mol. The highest BCUT2D eigenvalue weighted by Crippen LogP contribution is 2.28. The SMILES string of the molecule is CC(=O)c1ccc(C(=O)N2CC[C@@H](Oc3cccc4cnccc34)[C@H](O)C2)s1. The Labute approximate surface area is 166 Å². The molecule has 7 heteroatoms. The Balaban J connectivity index is 1.45. The first-order valence-corrected chi connectivity index (χ1v) is 9.92. The van der Waals surface area contributed by atoms with Crippen LogP contribution >= 0.6 is 11.3 Å². The number of aliphatic hydroxyl groups is 1. The summed E-state index contributed by atoms with van der Waals surface area (Å²) in [7, 11) is 0. The van der Waals surface area contributed by atoms with E-state index in [0.29, 0.717) is 28.5 Å². The highest BCUT2D eigenvalue weighted by Gasteiger charge is 2.32. The van der Waals surface area contributed by atoms with E-state index in [0.717, 1.165) is 10.8 Å². The fourth-order valence-corrected chi connectivity index (χ4v) is 4.26. The molecular weight excluding hydrogens is 376 g/mol.